The molecule has 0 spiro atoms. The maximum absolute atomic E-state index is 13.3. The van der Waals surface area contributed by atoms with Gasteiger partial charge < -0.3 is 10.2 Å². The van der Waals surface area contributed by atoms with Crippen molar-refractivity contribution in [3.63, 3.8) is 0 Å². The van der Waals surface area contributed by atoms with Crippen LogP contribution in [0.15, 0.2) is 43.0 Å². The molecule has 1 aliphatic heterocycles. The number of aromatic nitrogens is 2. The Morgan fingerprint density at radius 1 is 1.33 bits per heavy atom. The second-order valence-electron chi connectivity index (χ2n) is 6.62. The smallest absolute Gasteiger partial charge is 0.245 e. The highest BCUT2D eigenvalue weighted by atomic mass is 16.2. The predicted molar refractivity (Wildman–Crippen MR) is 101 cm³/mol. The van der Waals surface area contributed by atoms with Crippen LogP contribution >= 0.6 is 0 Å². The number of likely N-dealkylation sites (tertiary alicyclic amines) is 1. The predicted octanol–water partition coefficient (Wildman–Crippen LogP) is 2.27. The van der Waals surface area contributed by atoms with Gasteiger partial charge in [0.05, 0.1) is 11.1 Å². The summed E-state index contributed by atoms with van der Waals surface area (Å²) in [7, 11) is 0. The quantitative estimate of drug-likeness (QED) is 0.814. The Morgan fingerprint density at radius 2 is 2.00 bits per heavy atom. The Bertz CT molecular complexity index is 902. The topological polar surface area (TPSA) is 102 Å². The molecule has 0 unspecified atom stereocenters. The highest BCUT2D eigenvalue weighted by Gasteiger charge is 2.43. The molecule has 0 saturated carbocycles. The summed E-state index contributed by atoms with van der Waals surface area (Å²) in [5.41, 5.74) is 1.02. The first-order valence-corrected chi connectivity index (χ1v) is 8.75. The minimum Gasteiger partial charge on any atom is -0.339 e. The fraction of sp³-hybridized carbons (Fsp3) is 0.300. The van der Waals surface area contributed by atoms with E-state index >= 15 is 0 Å². The number of aryl methyl sites for hydroxylation is 1. The summed E-state index contributed by atoms with van der Waals surface area (Å²) >= 11 is 0. The molecule has 0 aliphatic carbocycles. The van der Waals surface area contributed by atoms with E-state index in [9.17, 15) is 14.9 Å². The molecule has 2 amide bonds. The number of carbonyl (C=O) groups is 2. The van der Waals surface area contributed by atoms with E-state index < -0.39 is 5.41 Å². The molecule has 1 aliphatic rings. The van der Waals surface area contributed by atoms with Crippen molar-refractivity contribution in [3.05, 3.63) is 59.8 Å². The molecule has 1 aromatic carbocycles. The van der Waals surface area contributed by atoms with E-state index in [4.69, 9.17) is 0 Å². The molecule has 138 valence electrons. The molecule has 1 aromatic heterocycles. The zero-order chi connectivity index (χ0) is 19.4. The Labute approximate surface area is 157 Å². The van der Waals surface area contributed by atoms with Crippen molar-refractivity contribution in [2.24, 2.45) is 0 Å². The Kier molecular flexibility index (Phi) is 5.08. The second kappa shape index (κ2) is 7.46. The molecule has 2 heterocycles. The number of nitriles is 1. The number of benzene rings is 1. The number of nitrogens with one attached hydrogen (secondary N) is 2. The van der Waals surface area contributed by atoms with Crippen LogP contribution in [0.1, 0.15) is 29.7 Å². The van der Waals surface area contributed by atoms with E-state index in [2.05, 4.69) is 28.2 Å². The van der Waals surface area contributed by atoms with E-state index in [-0.39, 0.29) is 17.6 Å². The summed E-state index contributed by atoms with van der Waals surface area (Å²) in [5.74, 6) is -0.117. The van der Waals surface area contributed by atoms with Crippen LogP contribution in [0.3, 0.4) is 0 Å². The minimum atomic E-state index is -0.793. The van der Waals surface area contributed by atoms with E-state index in [1.54, 1.807) is 11.8 Å². The van der Waals surface area contributed by atoms with Crippen LogP contribution in [-0.4, -0.2) is 40.0 Å². The van der Waals surface area contributed by atoms with E-state index in [0.717, 1.165) is 5.56 Å². The van der Waals surface area contributed by atoms with Gasteiger partial charge in [-0.25, -0.2) is 0 Å². The molecule has 1 fully saturated rings. The molecule has 27 heavy (non-hydrogen) atoms. The molecule has 0 radical (unpaired) electrons. The van der Waals surface area contributed by atoms with Crippen molar-refractivity contribution in [3.8, 4) is 6.07 Å². The highest BCUT2D eigenvalue weighted by molar-refractivity contribution is 6.00. The van der Waals surface area contributed by atoms with Gasteiger partial charge >= 0.3 is 0 Å². The third-order valence-corrected chi connectivity index (χ3v) is 5.16. The van der Waals surface area contributed by atoms with Gasteiger partial charge in [0.15, 0.2) is 5.82 Å². The van der Waals surface area contributed by atoms with Crippen LogP contribution in [0, 0.1) is 18.3 Å². The second-order valence-corrected chi connectivity index (χ2v) is 6.62. The lowest BCUT2D eigenvalue weighted by Crippen LogP contribution is -2.50. The van der Waals surface area contributed by atoms with Gasteiger partial charge in [-0.1, -0.05) is 36.9 Å². The van der Waals surface area contributed by atoms with Gasteiger partial charge in [-0.3, -0.25) is 14.7 Å². The number of piperidine rings is 1. The number of anilines is 1. The molecule has 1 saturated heterocycles. The van der Waals surface area contributed by atoms with Crippen molar-refractivity contribution in [1.29, 1.82) is 5.26 Å². The van der Waals surface area contributed by atoms with Crippen molar-refractivity contribution >= 4 is 17.6 Å². The van der Waals surface area contributed by atoms with Crippen molar-refractivity contribution in [2.75, 3.05) is 18.4 Å². The summed E-state index contributed by atoms with van der Waals surface area (Å²) in [4.78, 5) is 26.9. The van der Waals surface area contributed by atoms with Crippen molar-refractivity contribution in [1.82, 2.24) is 15.1 Å². The Hall–Kier alpha value is -3.40. The first-order valence-electron chi connectivity index (χ1n) is 8.75. The van der Waals surface area contributed by atoms with Gasteiger partial charge in [0.25, 0.3) is 0 Å². The maximum Gasteiger partial charge on any atom is 0.245 e. The van der Waals surface area contributed by atoms with Crippen LogP contribution in [0.4, 0.5) is 5.82 Å². The lowest BCUT2D eigenvalue weighted by molar-refractivity contribution is -0.131. The summed E-state index contributed by atoms with van der Waals surface area (Å²) in [5, 5.41) is 18.9. The first-order chi connectivity index (χ1) is 13.0. The fourth-order valence-electron chi connectivity index (χ4n) is 3.53. The maximum atomic E-state index is 13.3. The monoisotopic (exact) mass is 363 g/mol. The number of aromatic amines is 1. The van der Waals surface area contributed by atoms with Crippen molar-refractivity contribution < 1.29 is 9.59 Å². The lowest BCUT2D eigenvalue weighted by atomic mass is 9.72. The number of nitrogens with zero attached hydrogens (tertiary/aromatic N) is 3. The number of carbonyl (C=O) groups excluding carboxylic acids is 2. The standard InChI is InChI=1S/C20H21N5O2/c1-3-17(26)25-11-9-20(10-12-25,15-7-5-4-6-8-15)19(27)22-18-16(13-21)14(2)23-24-18/h3-8H,1,9-12H2,2H3,(H2,22,23,24,27). The average molecular weight is 363 g/mol. The van der Waals surface area contributed by atoms with Crippen LogP contribution in [0.25, 0.3) is 0 Å². The lowest BCUT2D eigenvalue weighted by Gasteiger charge is -2.40. The van der Waals surface area contributed by atoms with Gasteiger partial charge in [-0.2, -0.15) is 10.4 Å². The summed E-state index contributed by atoms with van der Waals surface area (Å²) in [6.07, 6.45) is 2.25. The molecule has 0 atom stereocenters. The van der Waals surface area contributed by atoms with Gasteiger partial charge in [-0.15, -0.1) is 0 Å². The number of hydrogen-bond donors (Lipinski definition) is 2. The normalized spacial score (nSPS) is 15.6. The summed E-state index contributed by atoms with van der Waals surface area (Å²) in [6, 6.07) is 11.6. The van der Waals surface area contributed by atoms with E-state index in [1.807, 2.05) is 30.3 Å². The van der Waals surface area contributed by atoms with E-state index in [0.29, 0.717) is 37.2 Å². The van der Waals surface area contributed by atoms with Crippen LogP contribution in [0.5, 0.6) is 0 Å². The van der Waals surface area contributed by atoms with Crippen LogP contribution < -0.4 is 5.32 Å². The number of H-pyrrole nitrogens is 1. The molecular weight excluding hydrogens is 342 g/mol. The Balaban J connectivity index is 1.92. The van der Waals surface area contributed by atoms with E-state index in [1.165, 1.54) is 6.08 Å². The number of amides is 2. The Morgan fingerprint density at radius 3 is 2.59 bits per heavy atom. The average Bonchev–Trinajstić information content (AvgIpc) is 3.07. The number of hydrogen-bond acceptors (Lipinski definition) is 4. The minimum absolute atomic E-state index is 0.133. The summed E-state index contributed by atoms with van der Waals surface area (Å²) < 4.78 is 0. The van der Waals surface area contributed by atoms with Crippen molar-refractivity contribution in [2.45, 2.75) is 25.2 Å². The number of rotatable bonds is 4. The third kappa shape index (κ3) is 3.34. The molecule has 3 rings (SSSR count). The third-order valence-electron chi connectivity index (χ3n) is 5.16. The molecule has 7 heteroatoms. The largest absolute Gasteiger partial charge is 0.339 e. The van der Waals surface area contributed by atoms with Gasteiger partial charge in [0, 0.05) is 13.1 Å². The van der Waals surface area contributed by atoms with Gasteiger partial charge in [-0.05, 0) is 31.4 Å². The SMILES string of the molecule is C=CC(=O)N1CCC(C(=O)Nc2n[nH]c(C)c2C#N)(c2ccccc2)CC1. The summed E-state index contributed by atoms with van der Waals surface area (Å²) in [6.45, 7) is 6.17. The highest BCUT2D eigenvalue weighted by Crippen LogP contribution is 2.37. The molecule has 7 nitrogen and oxygen atoms in total. The van der Waals surface area contributed by atoms with Gasteiger partial charge in [0.2, 0.25) is 11.8 Å². The fourth-order valence-corrected chi connectivity index (χ4v) is 3.53. The molecular formula is C20H21N5O2. The van der Waals surface area contributed by atoms with Gasteiger partial charge in [0.1, 0.15) is 11.6 Å². The van der Waals surface area contributed by atoms with Crippen LogP contribution in [-0.2, 0) is 15.0 Å². The first kappa shape index (κ1) is 18.4. The van der Waals surface area contributed by atoms with Crippen LogP contribution in [0.2, 0.25) is 0 Å². The zero-order valence-corrected chi connectivity index (χ0v) is 15.2. The molecule has 0 bridgehead atoms. The molecule has 2 N–H and O–H groups in total. The molecule has 2 aromatic rings. The zero-order valence-electron chi connectivity index (χ0n) is 15.2.